The Hall–Kier alpha value is -1.76. The van der Waals surface area contributed by atoms with Gasteiger partial charge in [0.05, 0.1) is 19.1 Å². The van der Waals surface area contributed by atoms with E-state index in [-0.39, 0.29) is 25.5 Å². The lowest BCUT2D eigenvalue weighted by Gasteiger charge is -2.36. The first kappa shape index (κ1) is 14.6. The number of benzene rings is 1. The molecule has 0 bridgehead atoms. The van der Waals surface area contributed by atoms with E-state index in [1.807, 2.05) is 0 Å². The van der Waals surface area contributed by atoms with Crippen LogP contribution in [0.25, 0.3) is 0 Å². The highest BCUT2D eigenvalue weighted by Gasteiger charge is 2.38. The molecule has 2 rings (SSSR count). The van der Waals surface area contributed by atoms with Gasteiger partial charge in [-0.25, -0.2) is 18.0 Å². The molecule has 110 valence electrons. The van der Waals surface area contributed by atoms with Crippen LogP contribution in [-0.4, -0.2) is 47.6 Å². The molecular weight excluding hydrogens is 273 g/mol. The smallest absolute Gasteiger partial charge is 0.407 e. The van der Waals surface area contributed by atoms with Crippen molar-refractivity contribution in [3.05, 3.63) is 35.6 Å². The maximum atomic E-state index is 13.8. The predicted molar refractivity (Wildman–Crippen MR) is 66.4 cm³/mol. The van der Waals surface area contributed by atoms with Crippen LogP contribution >= 0.6 is 0 Å². The van der Waals surface area contributed by atoms with Gasteiger partial charge in [-0.3, -0.25) is 0 Å². The Morgan fingerprint density at radius 2 is 1.80 bits per heavy atom. The van der Waals surface area contributed by atoms with Crippen LogP contribution in [0, 0.1) is 5.82 Å². The normalized spacial score (nSPS) is 26.6. The number of hydrogen-bond donors (Lipinski definition) is 2. The number of carbonyl (C=O) groups is 1. The number of rotatable bonds is 3. The first-order valence-corrected chi connectivity index (χ1v) is 6.21. The fourth-order valence-corrected chi connectivity index (χ4v) is 2.20. The molecule has 0 spiro atoms. The molecule has 2 unspecified atom stereocenters. The number of nitrogens with zero attached hydrogens (tertiary/aromatic N) is 1. The molecule has 1 aliphatic heterocycles. The van der Waals surface area contributed by atoms with Crippen LogP contribution in [0.5, 0.6) is 0 Å². The summed E-state index contributed by atoms with van der Waals surface area (Å²) in [7, 11) is 0. The predicted octanol–water partition coefficient (Wildman–Crippen LogP) is 1.95. The van der Waals surface area contributed by atoms with Gasteiger partial charge in [-0.15, -0.1) is 0 Å². The van der Waals surface area contributed by atoms with Crippen molar-refractivity contribution >= 4 is 6.09 Å². The maximum Gasteiger partial charge on any atom is 0.407 e. The lowest BCUT2D eigenvalue weighted by atomic mass is 10.0. The second kappa shape index (κ2) is 6.13. The Labute approximate surface area is 114 Å². The molecule has 0 aromatic heterocycles. The first-order valence-electron chi connectivity index (χ1n) is 6.21. The maximum absolute atomic E-state index is 13.8. The van der Waals surface area contributed by atoms with E-state index in [0.717, 1.165) is 4.90 Å². The molecule has 0 saturated carbocycles. The molecule has 1 heterocycles. The molecule has 1 aliphatic rings. The van der Waals surface area contributed by atoms with Gasteiger partial charge in [0.1, 0.15) is 18.2 Å². The van der Waals surface area contributed by atoms with E-state index in [1.165, 1.54) is 24.3 Å². The monoisotopic (exact) mass is 288 g/mol. The van der Waals surface area contributed by atoms with Crippen LogP contribution in [0.2, 0.25) is 0 Å². The number of alkyl halides is 2. The SMILES string of the molecule is O=C(O)N1CC(F)C(NCc2ccc(F)cc2)[C@@H](F)C1. The van der Waals surface area contributed by atoms with Crippen LogP contribution < -0.4 is 5.32 Å². The fraction of sp³-hybridized carbons (Fsp3) is 0.462. The van der Waals surface area contributed by atoms with Gasteiger partial charge in [0, 0.05) is 6.54 Å². The van der Waals surface area contributed by atoms with Crippen molar-refractivity contribution < 1.29 is 23.1 Å². The highest BCUT2D eigenvalue weighted by Crippen LogP contribution is 2.18. The third-order valence-corrected chi connectivity index (χ3v) is 3.29. The molecule has 20 heavy (non-hydrogen) atoms. The summed E-state index contributed by atoms with van der Waals surface area (Å²) in [6.07, 6.45) is -4.56. The minimum Gasteiger partial charge on any atom is -0.465 e. The molecule has 2 N–H and O–H groups in total. The number of halogens is 3. The zero-order valence-corrected chi connectivity index (χ0v) is 10.6. The van der Waals surface area contributed by atoms with Gasteiger partial charge in [0.25, 0.3) is 0 Å². The van der Waals surface area contributed by atoms with Crippen LogP contribution in [0.4, 0.5) is 18.0 Å². The van der Waals surface area contributed by atoms with Gasteiger partial charge in [-0.1, -0.05) is 12.1 Å². The van der Waals surface area contributed by atoms with E-state index in [2.05, 4.69) is 5.32 Å². The Morgan fingerprint density at radius 1 is 1.25 bits per heavy atom. The van der Waals surface area contributed by atoms with Crippen molar-refractivity contribution in [3.8, 4) is 0 Å². The van der Waals surface area contributed by atoms with Gasteiger partial charge in [-0.2, -0.15) is 0 Å². The molecule has 0 radical (unpaired) electrons. The van der Waals surface area contributed by atoms with Gasteiger partial charge in [0.15, 0.2) is 0 Å². The summed E-state index contributed by atoms with van der Waals surface area (Å²) in [6, 6.07) is 4.52. The molecular formula is C13H15F3N2O2. The number of piperidine rings is 1. The summed E-state index contributed by atoms with van der Waals surface area (Å²) in [6.45, 7) is -0.507. The van der Waals surface area contributed by atoms with Gasteiger partial charge < -0.3 is 15.3 Å². The molecule has 1 fully saturated rings. The summed E-state index contributed by atoms with van der Waals surface area (Å²) in [4.78, 5) is 11.4. The standard InChI is InChI=1S/C13H15F3N2O2/c14-9-3-1-8(2-4-9)5-17-12-10(15)6-18(13(19)20)7-11(12)16/h1-4,10-12,17H,5-7H2,(H,19,20)/t10-,11?,12?/m0/s1. The van der Waals surface area contributed by atoms with E-state index < -0.39 is 24.5 Å². The largest absolute Gasteiger partial charge is 0.465 e. The second-order valence-corrected chi connectivity index (χ2v) is 4.75. The average Bonchev–Trinajstić information content (AvgIpc) is 2.39. The molecule has 7 heteroatoms. The van der Waals surface area contributed by atoms with Crippen molar-refractivity contribution in [2.45, 2.75) is 24.9 Å². The van der Waals surface area contributed by atoms with Gasteiger partial charge in [-0.05, 0) is 17.7 Å². The Morgan fingerprint density at radius 3 is 2.30 bits per heavy atom. The molecule has 1 saturated heterocycles. The third-order valence-electron chi connectivity index (χ3n) is 3.29. The number of nitrogens with one attached hydrogen (secondary N) is 1. The van der Waals surface area contributed by atoms with Crippen LogP contribution in [0.15, 0.2) is 24.3 Å². The molecule has 4 nitrogen and oxygen atoms in total. The first-order chi connectivity index (χ1) is 9.47. The number of hydrogen-bond acceptors (Lipinski definition) is 2. The Bertz CT molecular complexity index is 457. The summed E-state index contributed by atoms with van der Waals surface area (Å²) in [5, 5.41) is 11.5. The van der Waals surface area contributed by atoms with Crippen molar-refractivity contribution in [1.29, 1.82) is 0 Å². The Balaban J connectivity index is 1.92. The quantitative estimate of drug-likeness (QED) is 0.894. The summed E-state index contributed by atoms with van der Waals surface area (Å²) in [5.41, 5.74) is 0.700. The topological polar surface area (TPSA) is 52.6 Å². The molecule has 3 atom stereocenters. The van der Waals surface area contributed by atoms with Crippen molar-refractivity contribution in [2.75, 3.05) is 13.1 Å². The van der Waals surface area contributed by atoms with Crippen molar-refractivity contribution in [2.24, 2.45) is 0 Å². The van der Waals surface area contributed by atoms with Gasteiger partial charge >= 0.3 is 6.09 Å². The minimum absolute atomic E-state index is 0.193. The van der Waals surface area contributed by atoms with Crippen LogP contribution in [-0.2, 0) is 6.54 Å². The highest BCUT2D eigenvalue weighted by molar-refractivity contribution is 5.65. The number of amides is 1. The van der Waals surface area contributed by atoms with Crippen molar-refractivity contribution in [1.82, 2.24) is 10.2 Å². The number of likely N-dealkylation sites (tertiary alicyclic amines) is 1. The van der Waals surface area contributed by atoms with E-state index in [0.29, 0.717) is 5.56 Å². The molecule has 0 aliphatic carbocycles. The van der Waals surface area contributed by atoms with Gasteiger partial charge in [0.2, 0.25) is 0 Å². The zero-order chi connectivity index (χ0) is 14.7. The minimum atomic E-state index is -1.62. The lowest BCUT2D eigenvalue weighted by molar-refractivity contribution is 0.0389. The summed E-state index contributed by atoms with van der Waals surface area (Å²) in [5.74, 6) is -0.379. The van der Waals surface area contributed by atoms with Crippen LogP contribution in [0.1, 0.15) is 5.56 Å². The third kappa shape index (κ3) is 3.41. The molecule has 1 aromatic carbocycles. The number of carboxylic acid groups (broad SMARTS) is 1. The molecule has 1 aromatic rings. The molecule has 1 amide bonds. The van der Waals surface area contributed by atoms with E-state index in [1.54, 1.807) is 0 Å². The fourth-order valence-electron chi connectivity index (χ4n) is 2.20. The Kier molecular flexibility index (Phi) is 4.49. The van der Waals surface area contributed by atoms with E-state index >= 15 is 0 Å². The lowest BCUT2D eigenvalue weighted by Crippen LogP contribution is -2.58. The average molecular weight is 288 g/mol. The summed E-state index contributed by atoms with van der Waals surface area (Å²) < 4.78 is 40.3. The van der Waals surface area contributed by atoms with E-state index in [4.69, 9.17) is 5.11 Å². The zero-order valence-electron chi connectivity index (χ0n) is 10.6. The van der Waals surface area contributed by atoms with Crippen LogP contribution in [0.3, 0.4) is 0 Å². The van der Waals surface area contributed by atoms with E-state index in [9.17, 15) is 18.0 Å². The van der Waals surface area contributed by atoms with Crippen molar-refractivity contribution in [3.63, 3.8) is 0 Å². The summed E-state index contributed by atoms with van der Waals surface area (Å²) >= 11 is 0. The second-order valence-electron chi connectivity index (χ2n) is 4.75. The highest BCUT2D eigenvalue weighted by atomic mass is 19.1.